The molecule has 146 valence electrons. The molecular formula is C22H24N2O4. The lowest BCUT2D eigenvalue weighted by Gasteiger charge is -2.24. The zero-order valence-corrected chi connectivity index (χ0v) is 15.7. The van der Waals surface area contributed by atoms with Gasteiger partial charge in [-0.25, -0.2) is 0 Å². The van der Waals surface area contributed by atoms with Gasteiger partial charge in [0, 0.05) is 13.1 Å². The molecule has 6 heteroatoms. The van der Waals surface area contributed by atoms with Crippen LogP contribution in [0.2, 0.25) is 0 Å². The topological polar surface area (TPSA) is 67.9 Å². The molecule has 1 saturated heterocycles. The van der Waals surface area contributed by atoms with Crippen LogP contribution in [-0.4, -0.2) is 43.0 Å². The summed E-state index contributed by atoms with van der Waals surface area (Å²) in [5.74, 6) is 1.11. The van der Waals surface area contributed by atoms with Gasteiger partial charge in [0.05, 0.1) is 6.42 Å². The number of carbonyl (C=O) groups is 2. The molecule has 2 aromatic carbocycles. The first-order valence-corrected chi connectivity index (χ1v) is 9.72. The number of nitrogens with one attached hydrogen (secondary N) is 1. The average Bonchev–Trinajstić information content (AvgIpc) is 3.27. The van der Waals surface area contributed by atoms with E-state index in [9.17, 15) is 9.59 Å². The van der Waals surface area contributed by atoms with Gasteiger partial charge in [0.2, 0.25) is 11.8 Å². The van der Waals surface area contributed by atoms with Crippen molar-refractivity contribution in [2.75, 3.05) is 26.3 Å². The zero-order chi connectivity index (χ0) is 19.3. The quantitative estimate of drug-likeness (QED) is 0.865. The van der Waals surface area contributed by atoms with Gasteiger partial charge in [-0.05, 0) is 36.1 Å². The highest BCUT2D eigenvalue weighted by Gasteiger charge is 2.29. The summed E-state index contributed by atoms with van der Waals surface area (Å²) in [7, 11) is 0. The summed E-state index contributed by atoms with van der Waals surface area (Å²) in [6.45, 7) is 2.54. The fraction of sp³-hybridized carbons (Fsp3) is 0.364. The molecule has 0 radical (unpaired) electrons. The van der Waals surface area contributed by atoms with E-state index in [2.05, 4.69) is 5.32 Å². The van der Waals surface area contributed by atoms with Crippen molar-refractivity contribution in [3.63, 3.8) is 0 Å². The predicted molar refractivity (Wildman–Crippen MR) is 104 cm³/mol. The predicted octanol–water partition coefficient (Wildman–Crippen LogP) is 2.48. The molecule has 2 amide bonds. The third-order valence-electron chi connectivity index (χ3n) is 5.07. The standard InChI is InChI=1S/C22H24N2O4/c25-20(15-16-8-9-18-19(14-16)28-13-12-27-18)23-21(17-6-2-1-3-7-17)22(26)24-10-4-5-11-24/h1-3,6-9,14,21H,4-5,10-13,15H2,(H,23,25). The molecule has 1 N–H and O–H groups in total. The summed E-state index contributed by atoms with van der Waals surface area (Å²) in [6.07, 6.45) is 2.20. The number of likely N-dealkylation sites (tertiary alicyclic amines) is 1. The monoisotopic (exact) mass is 380 g/mol. The van der Waals surface area contributed by atoms with Crippen LogP contribution in [0.5, 0.6) is 11.5 Å². The Bertz CT molecular complexity index is 847. The molecule has 2 heterocycles. The molecule has 1 atom stereocenters. The molecule has 1 fully saturated rings. The van der Waals surface area contributed by atoms with E-state index >= 15 is 0 Å². The summed E-state index contributed by atoms with van der Waals surface area (Å²) >= 11 is 0. The SMILES string of the molecule is O=C(Cc1ccc2c(c1)OCCO2)NC(C(=O)N1CCCC1)c1ccccc1. The fourth-order valence-corrected chi connectivity index (χ4v) is 3.65. The molecule has 4 rings (SSSR count). The van der Waals surface area contributed by atoms with E-state index in [1.165, 1.54) is 0 Å². The van der Waals surface area contributed by atoms with Crippen molar-refractivity contribution < 1.29 is 19.1 Å². The van der Waals surface area contributed by atoms with E-state index in [1.54, 1.807) is 0 Å². The molecule has 0 aliphatic carbocycles. The second kappa shape index (κ2) is 8.33. The summed E-state index contributed by atoms with van der Waals surface area (Å²) in [4.78, 5) is 27.6. The highest BCUT2D eigenvalue weighted by atomic mass is 16.6. The molecular weight excluding hydrogens is 356 g/mol. The third-order valence-corrected chi connectivity index (χ3v) is 5.07. The summed E-state index contributed by atoms with van der Waals surface area (Å²) in [5, 5.41) is 2.94. The van der Waals surface area contributed by atoms with Crippen LogP contribution in [0.4, 0.5) is 0 Å². The molecule has 0 saturated carbocycles. The van der Waals surface area contributed by atoms with Gasteiger partial charge in [0.1, 0.15) is 19.3 Å². The summed E-state index contributed by atoms with van der Waals surface area (Å²) in [5.41, 5.74) is 1.62. The minimum atomic E-state index is -0.663. The Morgan fingerprint density at radius 2 is 1.68 bits per heavy atom. The van der Waals surface area contributed by atoms with Gasteiger partial charge < -0.3 is 19.7 Å². The Morgan fingerprint density at radius 1 is 0.964 bits per heavy atom. The molecule has 2 aromatic rings. The van der Waals surface area contributed by atoms with Gasteiger partial charge in [0.25, 0.3) is 0 Å². The van der Waals surface area contributed by atoms with E-state index in [4.69, 9.17) is 9.47 Å². The molecule has 2 aliphatic rings. The largest absolute Gasteiger partial charge is 0.486 e. The Labute approximate surface area is 164 Å². The van der Waals surface area contributed by atoms with Crippen LogP contribution in [0.15, 0.2) is 48.5 Å². The van der Waals surface area contributed by atoms with Gasteiger partial charge >= 0.3 is 0 Å². The molecule has 0 bridgehead atoms. The van der Waals surface area contributed by atoms with Crippen LogP contribution in [0.25, 0.3) is 0 Å². The van der Waals surface area contributed by atoms with E-state index < -0.39 is 6.04 Å². The van der Waals surface area contributed by atoms with Crippen molar-refractivity contribution in [3.05, 3.63) is 59.7 Å². The molecule has 0 spiro atoms. The number of hydrogen-bond acceptors (Lipinski definition) is 4. The van der Waals surface area contributed by atoms with Crippen LogP contribution in [0.3, 0.4) is 0 Å². The van der Waals surface area contributed by atoms with E-state index in [1.807, 2.05) is 53.4 Å². The van der Waals surface area contributed by atoms with Crippen LogP contribution in [0.1, 0.15) is 30.0 Å². The van der Waals surface area contributed by atoms with Gasteiger partial charge in [-0.3, -0.25) is 9.59 Å². The number of benzene rings is 2. The highest BCUT2D eigenvalue weighted by Crippen LogP contribution is 2.31. The Kier molecular flexibility index (Phi) is 5.46. The van der Waals surface area contributed by atoms with Crippen molar-refractivity contribution in [2.24, 2.45) is 0 Å². The maximum absolute atomic E-state index is 13.0. The Morgan fingerprint density at radius 3 is 2.43 bits per heavy atom. The van der Waals surface area contributed by atoms with Crippen LogP contribution >= 0.6 is 0 Å². The summed E-state index contributed by atoms with van der Waals surface area (Å²) < 4.78 is 11.1. The van der Waals surface area contributed by atoms with Crippen molar-refractivity contribution >= 4 is 11.8 Å². The van der Waals surface area contributed by atoms with Crippen molar-refractivity contribution in [3.8, 4) is 11.5 Å². The number of nitrogens with zero attached hydrogens (tertiary/aromatic N) is 1. The second-order valence-corrected chi connectivity index (χ2v) is 7.10. The van der Waals surface area contributed by atoms with Crippen molar-refractivity contribution in [1.29, 1.82) is 0 Å². The number of hydrogen-bond donors (Lipinski definition) is 1. The first kappa shape index (κ1) is 18.3. The smallest absolute Gasteiger partial charge is 0.249 e. The maximum atomic E-state index is 13.0. The first-order valence-electron chi connectivity index (χ1n) is 9.72. The number of ether oxygens (including phenoxy) is 2. The second-order valence-electron chi connectivity index (χ2n) is 7.10. The Hall–Kier alpha value is -3.02. The number of carbonyl (C=O) groups excluding carboxylic acids is 2. The number of amides is 2. The Balaban J connectivity index is 1.48. The van der Waals surface area contributed by atoms with E-state index in [-0.39, 0.29) is 18.2 Å². The van der Waals surface area contributed by atoms with Gasteiger partial charge in [-0.2, -0.15) is 0 Å². The number of rotatable bonds is 5. The third kappa shape index (κ3) is 4.11. The van der Waals surface area contributed by atoms with Crippen molar-refractivity contribution in [1.82, 2.24) is 10.2 Å². The first-order chi connectivity index (χ1) is 13.7. The molecule has 0 aromatic heterocycles. The number of fused-ring (bicyclic) bond motifs is 1. The van der Waals surface area contributed by atoms with Crippen LogP contribution < -0.4 is 14.8 Å². The lowest BCUT2D eigenvalue weighted by molar-refractivity contribution is -0.135. The molecule has 28 heavy (non-hydrogen) atoms. The highest BCUT2D eigenvalue weighted by molar-refractivity contribution is 5.89. The molecule has 2 aliphatic heterocycles. The van der Waals surface area contributed by atoms with Gasteiger partial charge in [0.15, 0.2) is 11.5 Å². The lowest BCUT2D eigenvalue weighted by atomic mass is 10.0. The van der Waals surface area contributed by atoms with Crippen molar-refractivity contribution in [2.45, 2.75) is 25.3 Å². The van der Waals surface area contributed by atoms with Crippen LogP contribution in [-0.2, 0) is 16.0 Å². The molecule has 6 nitrogen and oxygen atoms in total. The minimum absolute atomic E-state index is 0.0424. The van der Waals surface area contributed by atoms with E-state index in [0.29, 0.717) is 24.7 Å². The zero-order valence-electron chi connectivity index (χ0n) is 15.7. The fourth-order valence-electron chi connectivity index (χ4n) is 3.65. The summed E-state index contributed by atoms with van der Waals surface area (Å²) in [6, 6.07) is 14.3. The maximum Gasteiger partial charge on any atom is 0.249 e. The normalized spacial score (nSPS) is 16.5. The van der Waals surface area contributed by atoms with E-state index in [0.717, 1.165) is 37.1 Å². The molecule has 1 unspecified atom stereocenters. The van der Waals surface area contributed by atoms with Crippen LogP contribution in [0, 0.1) is 0 Å². The van der Waals surface area contributed by atoms with Gasteiger partial charge in [-0.1, -0.05) is 36.4 Å². The van der Waals surface area contributed by atoms with Gasteiger partial charge in [-0.15, -0.1) is 0 Å². The average molecular weight is 380 g/mol. The minimum Gasteiger partial charge on any atom is -0.486 e. The lowest BCUT2D eigenvalue weighted by Crippen LogP contribution is -2.42.